The number of nitrogen functional groups attached to an aromatic ring is 1. The minimum absolute atomic E-state index is 0.0348. The topological polar surface area (TPSA) is 285 Å². The van der Waals surface area contributed by atoms with Crippen LogP contribution in [0.3, 0.4) is 0 Å². The van der Waals surface area contributed by atoms with Crippen LogP contribution in [0.15, 0.2) is 12.7 Å². The summed E-state index contributed by atoms with van der Waals surface area (Å²) < 4.78 is 58.1. The van der Waals surface area contributed by atoms with E-state index < -0.39 is 67.0 Å². The Balaban J connectivity index is 1.64. The number of phosphoric ester groups is 2. The zero-order valence-electron chi connectivity index (χ0n) is 17.5. The molecule has 3 rings (SSSR count). The molecule has 0 amide bonds. The van der Waals surface area contributed by atoms with E-state index in [1.807, 2.05) is 0 Å². The number of hydrogen-bond acceptors (Lipinski definition) is 15. The van der Waals surface area contributed by atoms with E-state index in [0.717, 1.165) is 6.33 Å². The van der Waals surface area contributed by atoms with Crippen molar-refractivity contribution in [1.82, 2.24) is 19.5 Å². The molecular weight excluding hydrogens is 543 g/mol. The number of phosphoric acid groups is 3. The first-order valence-electron chi connectivity index (χ1n) is 9.37. The predicted molar refractivity (Wildman–Crippen MR) is 110 cm³/mol. The van der Waals surface area contributed by atoms with E-state index in [2.05, 4.69) is 32.6 Å². The largest absolute Gasteiger partial charge is 0.538 e. The molecule has 0 bridgehead atoms. The minimum Gasteiger partial charge on any atom is -0.387 e. The smallest absolute Gasteiger partial charge is 0.387 e. The molecule has 1 aliphatic rings. The first-order chi connectivity index (χ1) is 16.1. The van der Waals surface area contributed by atoms with E-state index in [9.17, 15) is 43.4 Å². The van der Waals surface area contributed by atoms with E-state index in [-0.39, 0.29) is 17.0 Å². The molecular formula is C13H20N5O14P3. The molecule has 1 aliphatic heterocycles. The normalized spacial score (nSPS) is 27.7. The third-order valence-electron chi connectivity index (χ3n) is 4.32. The van der Waals surface area contributed by atoms with Gasteiger partial charge < -0.3 is 35.0 Å². The fourth-order valence-electron chi connectivity index (χ4n) is 2.83. The molecule has 196 valence electrons. The Bertz CT molecular complexity index is 1240. The van der Waals surface area contributed by atoms with Gasteiger partial charge >= 0.3 is 29.4 Å². The summed E-state index contributed by atoms with van der Waals surface area (Å²) in [6.45, 7) is 0.264. The number of imidazole rings is 1. The molecule has 35 heavy (non-hydrogen) atoms. The van der Waals surface area contributed by atoms with Gasteiger partial charge in [0.2, 0.25) is 0 Å². The van der Waals surface area contributed by atoms with Gasteiger partial charge in [0.15, 0.2) is 17.7 Å². The lowest BCUT2D eigenvalue weighted by atomic mass is 10.1. The van der Waals surface area contributed by atoms with Crippen molar-refractivity contribution < 1.29 is 65.8 Å². The maximum Gasteiger partial charge on any atom is 0.538 e. The number of nitrogens with two attached hydrogens (primary N) is 1. The molecule has 7 N–H and O–H groups in total. The summed E-state index contributed by atoms with van der Waals surface area (Å²) in [6.07, 6.45) is -4.18. The summed E-state index contributed by atoms with van der Waals surface area (Å²) in [5.41, 5.74) is 6.01. The zero-order valence-corrected chi connectivity index (χ0v) is 20.2. The Kier molecular flexibility index (Phi) is 8.13. The number of fused-ring (bicyclic) bond motifs is 1. The SMILES string of the molecule is CCC(=O)OP(=O)(O)OP(=O)(O)OP(=O)(O)OC[C@H]1O[C@@H](n2cnc3c(N)ncnc32)C(O)[C@H]1O. The van der Waals surface area contributed by atoms with Gasteiger partial charge in [0, 0.05) is 6.42 Å². The number of rotatable bonds is 10. The van der Waals surface area contributed by atoms with Crippen molar-refractivity contribution in [2.45, 2.75) is 37.9 Å². The Labute approximate surface area is 195 Å². The van der Waals surface area contributed by atoms with Gasteiger partial charge in [-0.3, -0.25) is 18.8 Å². The molecule has 22 heteroatoms. The second kappa shape index (κ2) is 10.3. The fourth-order valence-corrected chi connectivity index (χ4v) is 6.35. The van der Waals surface area contributed by atoms with Crippen molar-refractivity contribution in [3.05, 3.63) is 12.7 Å². The van der Waals surface area contributed by atoms with Gasteiger partial charge in [-0.15, -0.1) is 0 Å². The average molecular weight is 563 g/mol. The van der Waals surface area contributed by atoms with Crippen LogP contribution in [0.2, 0.25) is 0 Å². The molecule has 7 atom stereocenters. The number of aliphatic hydroxyl groups is 2. The lowest BCUT2D eigenvalue weighted by Gasteiger charge is -2.20. The predicted octanol–water partition coefficient (Wildman–Crippen LogP) is -0.668. The minimum atomic E-state index is -5.79. The number of anilines is 1. The van der Waals surface area contributed by atoms with Crippen LogP contribution in [0.25, 0.3) is 11.2 Å². The second-order valence-corrected chi connectivity index (χ2v) is 11.4. The van der Waals surface area contributed by atoms with Gasteiger partial charge in [0.05, 0.1) is 12.9 Å². The fraction of sp³-hybridized carbons (Fsp3) is 0.538. The molecule has 0 spiro atoms. The van der Waals surface area contributed by atoms with Crippen LogP contribution >= 0.6 is 23.5 Å². The van der Waals surface area contributed by atoms with Gasteiger partial charge in [0.25, 0.3) is 0 Å². The van der Waals surface area contributed by atoms with Gasteiger partial charge in [-0.05, 0) is 0 Å². The van der Waals surface area contributed by atoms with Crippen LogP contribution in [0, 0.1) is 0 Å². The monoisotopic (exact) mass is 563 g/mol. The lowest BCUT2D eigenvalue weighted by molar-refractivity contribution is -0.135. The number of carbonyl (C=O) groups is 1. The Morgan fingerprint density at radius 3 is 2.40 bits per heavy atom. The van der Waals surface area contributed by atoms with Gasteiger partial charge in [-0.2, -0.15) is 8.62 Å². The summed E-state index contributed by atoms with van der Waals surface area (Å²) in [5.74, 6) is -1.24. The molecule has 0 radical (unpaired) electrons. The van der Waals surface area contributed by atoms with Gasteiger partial charge in [0.1, 0.15) is 30.2 Å². The summed E-state index contributed by atoms with van der Waals surface area (Å²) in [4.78, 5) is 51.2. The van der Waals surface area contributed by atoms with E-state index >= 15 is 0 Å². The molecule has 0 aromatic carbocycles. The third kappa shape index (κ3) is 6.68. The maximum absolute atomic E-state index is 12.0. The maximum atomic E-state index is 12.0. The summed E-state index contributed by atoms with van der Waals surface area (Å²) in [6, 6.07) is 0. The van der Waals surface area contributed by atoms with Crippen molar-refractivity contribution >= 4 is 46.4 Å². The number of hydrogen-bond donors (Lipinski definition) is 6. The quantitative estimate of drug-likeness (QED) is 0.195. The van der Waals surface area contributed by atoms with E-state index in [1.54, 1.807) is 0 Å². The van der Waals surface area contributed by atoms with Crippen molar-refractivity contribution in [2.75, 3.05) is 12.3 Å². The van der Waals surface area contributed by atoms with Crippen LogP contribution < -0.4 is 5.73 Å². The molecule has 2 aromatic rings. The summed E-state index contributed by atoms with van der Waals surface area (Å²) in [5, 5.41) is 20.6. The van der Waals surface area contributed by atoms with E-state index in [1.165, 1.54) is 17.8 Å². The number of aliphatic hydroxyl groups excluding tert-OH is 2. The first-order valence-corrected chi connectivity index (χ1v) is 13.9. The van der Waals surface area contributed by atoms with Crippen LogP contribution in [-0.2, 0) is 40.9 Å². The van der Waals surface area contributed by atoms with Gasteiger partial charge in [-0.25, -0.2) is 28.6 Å². The Morgan fingerprint density at radius 2 is 1.74 bits per heavy atom. The number of ether oxygens (including phenoxy) is 1. The highest BCUT2D eigenvalue weighted by molar-refractivity contribution is 7.67. The average Bonchev–Trinajstić information content (AvgIpc) is 3.27. The molecule has 0 saturated carbocycles. The van der Waals surface area contributed by atoms with Gasteiger partial charge in [-0.1, -0.05) is 6.92 Å². The summed E-state index contributed by atoms with van der Waals surface area (Å²) in [7, 11) is -16.8. The molecule has 19 nitrogen and oxygen atoms in total. The second-order valence-electron chi connectivity index (χ2n) is 6.81. The standard InChI is InChI=1S/C13H20N5O14P3/c1-2-7(19)30-34(24,25)32-35(26,27)31-33(22,23)28-3-6-9(20)10(21)13(29-6)18-5-17-8-11(14)15-4-16-12(8)18/h4-6,9-10,13,20-21H,2-3H2,1H3,(H,22,23)(H,24,25)(H,26,27)(H2,14,15,16)/t6-,9+,10?,13-/m1/s1. The van der Waals surface area contributed by atoms with Crippen LogP contribution in [0.5, 0.6) is 0 Å². The van der Waals surface area contributed by atoms with Crippen LogP contribution in [0.4, 0.5) is 5.82 Å². The third-order valence-corrected chi connectivity index (χ3v) is 8.53. The van der Waals surface area contributed by atoms with Crippen molar-refractivity contribution in [2.24, 2.45) is 0 Å². The van der Waals surface area contributed by atoms with E-state index in [0.29, 0.717) is 0 Å². The Morgan fingerprint density at radius 1 is 1.09 bits per heavy atom. The number of aromatic nitrogens is 4. The number of carbonyl (C=O) groups excluding carboxylic acids is 1. The van der Waals surface area contributed by atoms with Crippen molar-refractivity contribution in [1.29, 1.82) is 0 Å². The number of nitrogens with zero attached hydrogens (tertiary/aromatic N) is 4. The molecule has 2 aromatic heterocycles. The van der Waals surface area contributed by atoms with Crippen LogP contribution in [-0.4, -0.2) is 75.3 Å². The first kappa shape index (κ1) is 27.7. The van der Waals surface area contributed by atoms with Crippen molar-refractivity contribution in [3.63, 3.8) is 0 Å². The highest BCUT2D eigenvalue weighted by Gasteiger charge is 2.47. The molecule has 4 unspecified atom stereocenters. The van der Waals surface area contributed by atoms with Crippen LogP contribution in [0.1, 0.15) is 19.6 Å². The van der Waals surface area contributed by atoms with E-state index in [4.69, 9.17) is 10.5 Å². The highest BCUT2D eigenvalue weighted by Crippen LogP contribution is 2.67. The molecule has 0 aliphatic carbocycles. The highest BCUT2D eigenvalue weighted by atomic mass is 31.3. The zero-order chi connectivity index (χ0) is 26.2. The molecule has 1 fully saturated rings. The summed E-state index contributed by atoms with van der Waals surface area (Å²) >= 11 is 0. The van der Waals surface area contributed by atoms with Crippen molar-refractivity contribution in [3.8, 4) is 0 Å². The molecule has 1 saturated heterocycles. The Hall–Kier alpha value is -1.85. The molecule has 3 heterocycles. The lowest BCUT2D eigenvalue weighted by Crippen LogP contribution is -2.33.